The molecule has 2 aliphatic carbocycles. The first-order valence-electron chi connectivity index (χ1n) is 7.57. The molecule has 3 rings (SSSR count). The normalized spacial score (nSPS) is 26.4. The fourth-order valence-electron chi connectivity index (χ4n) is 3.01. The highest BCUT2D eigenvalue weighted by molar-refractivity contribution is 5.93. The van der Waals surface area contributed by atoms with E-state index in [0.29, 0.717) is 29.9 Å². The highest BCUT2D eigenvalue weighted by Gasteiger charge is 2.28. The molecule has 1 aromatic rings. The van der Waals surface area contributed by atoms with E-state index in [0.717, 1.165) is 38.5 Å². The van der Waals surface area contributed by atoms with Crippen LogP contribution in [0, 0.1) is 5.92 Å². The molecule has 0 aliphatic heterocycles. The van der Waals surface area contributed by atoms with Crippen LogP contribution in [0.15, 0.2) is 12.3 Å². The number of nitrogens with zero attached hydrogens (tertiary/aromatic N) is 1. The Bertz CT molecular complexity index is 485. The molecule has 1 aromatic heterocycles. The van der Waals surface area contributed by atoms with Crippen molar-refractivity contribution < 1.29 is 9.90 Å². The van der Waals surface area contributed by atoms with E-state index < -0.39 is 0 Å². The zero-order valence-corrected chi connectivity index (χ0v) is 11.7. The topological polar surface area (TPSA) is 80.3 Å². The molecule has 2 saturated carbocycles. The summed E-state index contributed by atoms with van der Waals surface area (Å²) in [6, 6.07) is 2.22. The fraction of sp³-hybridized carbons (Fsp3) is 0.667. The highest BCUT2D eigenvalue weighted by Crippen LogP contribution is 2.37. The minimum atomic E-state index is -0.145. The average molecular weight is 277 g/mol. The number of carbonyl (C=O) groups is 1. The lowest BCUT2D eigenvalue weighted by Gasteiger charge is -2.25. The number of hydrogen-bond acceptors (Lipinski definition) is 3. The van der Waals surface area contributed by atoms with Gasteiger partial charge in [-0.1, -0.05) is 0 Å². The Morgan fingerprint density at radius 2 is 2.00 bits per heavy atom. The van der Waals surface area contributed by atoms with Crippen LogP contribution in [0.2, 0.25) is 0 Å². The smallest absolute Gasteiger partial charge is 0.268 e. The van der Waals surface area contributed by atoms with Gasteiger partial charge in [-0.05, 0) is 50.5 Å². The molecule has 0 spiro atoms. The number of anilines is 1. The number of aromatic nitrogens is 1. The van der Waals surface area contributed by atoms with Crippen LogP contribution in [-0.4, -0.2) is 28.2 Å². The molecular weight excluding hydrogens is 254 g/mol. The third-order valence-electron chi connectivity index (χ3n) is 4.41. The molecule has 0 aromatic carbocycles. The molecule has 4 N–H and O–H groups in total. The van der Waals surface area contributed by atoms with Crippen LogP contribution in [-0.2, 0) is 0 Å². The van der Waals surface area contributed by atoms with Crippen molar-refractivity contribution in [1.82, 2.24) is 9.88 Å². The van der Waals surface area contributed by atoms with Crippen LogP contribution in [0.5, 0.6) is 0 Å². The summed E-state index contributed by atoms with van der Waals surface area (Å²) in [6.07, 6.45) is 7.68. The minimum Gasteiger partial charge on any atom is -0.397 e. The van der Waals surface area contributed by atoms with Gasteiger partial charge in [0.2, 0.25) is 0 Å². The molecule has 0 atom stereocenters. The summed E-state index contributed by atoms with van der Waals surface area (Å²) >= 11 is 0. The second-order valence-electron chi connectivity index (χ2n) is 6.18. The first-order chi connectivity index (χ1) is 9.63. The predicted molar refractivity (Wildman–Crippen MR) is 77.4 cm³/mol. The first-order valence-corrected chi connectivity index (χ1v) is 7.57. The number of nitrogen functional groups attached to an aromatic ring is 1. The second kappa shape index (κ2) is 5.48. The SMILES string of the molecule is Nc1cc(C(=O)NCC2CCC(O)CC2)n(C2CC2)c1. The summed E-state index contributed by atoms with van der Waals surface area (Å²) in [7, 11) is 0. The van der Waals surface area contributed by atoms with Gasteiger partial charge in [0.05, 0.1) is 11.8 Å². The maximum absolute atomic E-state index is 12.3. The van der Waals surface area contributed by atoms with E-state index in [-0.39, 0.29) is 12.0 Å². The van der Waals surface area contributed by atoms with Crippen molar-refractivity contribution in [3.63, 3.8) is 0 Å². The average Bonchev–Trinajstić information content (AvgIpc) is 3.20. The van der Waals surface area contributed by atoms with Crippen molar-refractivity contribution in [2.24, 2.45) is 5.92 Å². The van der Waals surface area contributed by atoms with Gasteiger partial charge < -0.3 is 20.7 Å². The highest BCUT2D eigenvalue weighted by atomic mass is 16.3. The molecule has 1 amide bonds. The molecule has 20 heavy (non-hydrogen) atoms. The van der Waals surface area contributed by atoms with Crippen LogP contribution in [0.1, 0.15) is 55.1 Å². The van der Waals surface area contributed by atoms with Crippen molar-refractivity contribution in [3.8, 4) is 0 Å². The molecule has 0 bridgehead atoms. The number of nitrogens with two attached hydrogens (primary N) is 1. The zero-order chi connectivity index (χ0) is 14.1. The van der Waals surface area contributed by atoms with Crippen molar-refractivity contribution in [1.29, 1.82) is 0 Å². The molecule has 5 nitrogen and oxygen atoms in total. The Balaban J connectivity index is 1.56. The molecule has 0 radical (unpaired) electrons. The van der Waals surface area contributed by atoms with Crippen molar-refractivity contribution in [2.75, 3.05) is 12.3 Å². The Labute approximate surface area is 119 Å². The van der Waals surface area contributed by atoms with Gasteiger partial charge in [0.25, 0.3) is 5.91 Å². The predicted octanol–water partition coefficient (Wildman–Crippen LogP) is 1.69. The first kappa shape index (κ1) is 13.5. The molecule has 5 heteroatoms. The van der Waals surface area contributed by atoms with Crippen molar-refractivity contribution >= 4 is 11.6 Å². The monoisotopic (exact) mass is 277 g/mol. The number of hydrogen-bond donors (Lipinski definition) is 3. The summed E-state index contributed by atoms with van der Waals surface area (Å²) in [6.45, 7) is 0.696. The standard InChI is InChI=1S/C15H23N3O2/c16-11-7-14(18(9-11)12-3-4-12)15(20)17-8-10-1-5-13(19)6-2-10/h7,9-10,12-13,19H,1-6,8,16H2,(H,17,20). The van der Waals surface area contributed by atoms with Gasteiger partial charge in [-0.3, -0.25) is 4.79 Å². The van der Waals surface area contributed by atoms with Crippen LogP contribution < -0.4 is 11.1 Å². The summed E-state index contributed by atoms with van der Waals surface area (Å²) in [5.41, 5.74) is 7.15. The Morgan fingerprint density at radius 1 is 1.30 bits per heavy atom. The maximum Gasteiger partial charge on any atom is 0.268 e. The molecule has 2 fully saturated rings. The Morgan fingerprint density at radius 3 is 2.65 bits per heavy atom. The number of aliphatic hydroxyl groups excluding tert-OH is 1. The largest absolute Gasteiger partial charge is 0.397 e. The number of nitrogens with one attached hydrogen (secondary N) is 1. The van der Waals surface area contributed by atoms with E-state index in [9.17, 15) is 9.90 Å². The lowest BCUT2D eigenvalue weighted by Crippen LogP contribution is -2.33. The second-order valence-corrected chi connectivity index (χ2v) is 6.18. The maximum atomic E-state index is 12.3. The van der Waals surface area contributed by atoms with Crippen molar-refractivity contribution in [2.45, 2.75) is 50.7 Å². The summed E-state index contributed by atoms with van der Waals surface area (Å²) in [4.78, 5) is 12.3. The van der Waals surface area contributed by atoms with E-state index in [1.165, 1.54) is 0 Å². The van der Waals surface area contributed by atoms with Gasteiger partial charge in [-0.25, -0.2) is 0 Å². The number of carbonyl (C=O) groups excluding carboxylic acids is 1. The van der Waals surface area contributed by atoms with Gasteiger partial charge in [0, 0.05) is 18.8 Å². The van der Waals surface area contributed by atoms with Gasteiger partial charge in [-0.2, -0.15) is 0 Å². The third-order valence-corrected chi connectivity index (χ3v) is 4.41. The third kappa shape index (κ3) is 2.98. The van der Waals surface area contributed by atoms with Crippen LogP contribution in [0.4, 0.5) is 5.69 Å². The van der Waals surface area contributed by atoms with E-state index in [1.54, 1.807) is 6.07 Å². The number of amides is 1. The molecular formula is C15H23N3O2. The Hall–Kier alpha value is -1.49. The molecule has 0 unspecified atom stereocenters. The quantitative estimate of drug-likeness (QED) is 0.783. The fourth-order valence-corrected chi connectivity index (χ4v) is 3.01. The number of rotatable bonds is 4. The molecule has 0 saturated heterocycles. The van der Waals surface area contributed by atoms with E-state index in [1.807, 2.05) is 10.8 Å². The Kier molecular flexibility index (Phi) is 3.70. The molecule has 110 valence electrons. The van der Waals surface area contributed by atoms with E-state index >= 15 is 0 Å². The summed E-state index contributed by atoms with van der Waals surface area (Å²) in [5, 5.41) is 12.5. The van der Waals surface area contributed by atoms with Gasteiger partial charge in [0.1, 0.15) is 5.69 Å². The van der Waals surface area contributed by atoms with Gasteiger partial charge in [-0.15, -0.1) is 0 Å². The summed E-state index contributed by atoms with van der Waals surface area (Å²) < 4.78 is 2.01. The minimum absolute atomic E-state index is 0.0280. The molecule has 1 heterocycles. The lowest BCUT2D eigenvalue weighted by atomic mass is 9.87. The zero-order valence-electron chi connectivity index (χ0n) is 11.7. The lowest BCUT2D eigenvalue weighted by molar-refractivity contribution is 0.0902. The van der Waals surface area contributed by atoms with Gasteiger partial charge >= 0.3 is 0 Å². The van der Waals surface area contributed by atoms with Crippen LogP contribution >= 0.6 is 0 Å². The van der Waals surface area contributed by atoms with Crippen LogP contribution in [0.3, 0.4) is 0 Å². The summed E-state index contributed by atoms with van der Waals surface area (Å²) in [5.74, 6) is 0.462. The van der Waals surface area contributed by atoms with Crippen LogP contribution in [0.25, 0.3) is 0 Å². The number of aliphatic hydroxyl groups is 1. The van der Waals surface area contributed by atoms with Gasteiger partial charge in [0.15, 0.2) is 0 Å². The molecule has 2 aliphatic rings. The van der Waals surface area contributed by atoms with Crippen molar-refractivity contribution in [3.05, 3.63) is 18.0 Å². The van der Waals surface area contributed by atoms with E-state index in [2.05, 4.69) is 5.32 Å². The van der Waals surface area contributed by atoms with E-state index in [4.69, 9.17) is 5.73 Å².